The van der Waals surface area contributed by atoms with Gasteiger partial charge in [-0.05, 0) is 74.6 Å². The Bertz CT molecular complexity index is 378. The monoisotopic (exact) mass is 252 g/mol. The lowest BCUT2D eigenvalue weighted by atomic mass is 10.2. The molecule has 2 heteroatoms. The molecule has 0 nitrogen and oxygen atoms in total. The first-order valence-electron chi connectivity index (χ1n) is 5.46. The molecule has 0 saturated carbocycles. The Morgan fingerprint density at radius 3 is 1.00 bits per heavy atom. The molecule has 0 aliphatic rings. The standard InChI is InChI=1S/2C7H10S/c2*1-5-4-8-7(3)6(5)2/h2*4H,1-3H3. The first-order chi connectivity index (χ1) is 7.43. The minimum absolute atomic E-state index is 1.42. The molecule has 0 radical (unpaired) electrons. The summed E-state index contributed by atoms with van der Waals surface area (Å²) in [5, 5.41) is 4.40. The summed E-state index contributed by atoms with van der Waals surface area (Å²) in [4.78, 5) is 2.89. The lowest BCUT2D eigenvalue weighted by molar-refractivity contribution is 1.35. The fourth-order valence-corrected chi connectivity index (χ4v) is 3.00. The van der Waals surface area contributed by atoms with E-state index in [0.717, 1.165) is 0 Å². The molecule has 2 rings (SSSR count). The van der Waals surface area contributed by atoms with E-state index >= 15 is 0 Å². The van der Waals surface area contributed by atoms with Gasteiger partial charge in [-0.3, -0.25) is 0 Å². The highest BCUT2D eigenvalue weighted by atomic mass is 32.1. The van der Waals surface area contributed by atoms with E-state index in [9.17, 15) is 0 Å². The molecule has 0 aromatic carbocycles. The van der Waals surface area contributed by atoms with Crippen LogP contribution in [0.25, 0.3) is 0 Å². The molecule has 0 saturated heterocycles. The Morgan fingerprint density at radius 1 is 0.625 bits per heavy atom. The molecule has 0 bridgehead atoms. The highest BCUT2D eigenvalue weighted by molar-refractivity contribution is 7.10. The fraction of sp³-hybridized carbons (Fsp3) is 0.429. The predicted molar refractivity (Wildman–Crippen MR) is 77.1 cm³/mol. The fourth-order valence-electron chi connectivity index (χ4n) is 1.26. The Morgan fingerprint density at radius 2 is 0.938 bits per heavy atom. The molecule has 2 heterocycles. The second-order valence-corrected chi connectivity index (χ2v) is 6.37. The van der Waals surface area contributed by atoms with Gasteiger partial charge in [-0.25, -0.2) is 0 Å². The van der Waals surface area contributed by atoms with Crippen molar-refractivity contribution in [3.63, 3.8) is 0 Å². The predicted octanol–water partition coefficient (Wildman–Crippen LogP) is 5.35. The first-order valence-corrected chi connectivity index (χ1v) is 7.22. The Hall–Kier alpha value is -0.600. The first kappa shape index (κ1) is 13.5. The van der Waals surface area contributed by atoms with Gasteiger partial charge in [0.25, 0.3) is 0 Å². The molecule has 2 aromatic heterocycles. The second-order valence-electron chi connectivity index (χ2n) is 4.20. The topological polar surface area (TPSA) is 0 Å². The van der Waals surface area contributed by atoms with Crippen LogP contribution < -0.4 is 0 Å². The third-order valence-electron chi connectivity index (χ3n) is 3.06. The maximum atomic E-state index is 2.20. The Balaban J connectivity index is 0.000000160. The largest absolute Gasteiger partial charge is 0.149 e. The zero-order valence-electron chi connectivity index (χ0n) is 11.0. The van der Waals surface area contributed by atoms with E-state index in [0.29, 0.717) is 0 Å². The summed E-state index contributed by atoms with van der Waals surface area (Å²) in [6, 6.07) is 0. The zero-order chi connectivity index (χ0) is 12.3. The SMILES string of the molecule is Cc1csc(C)c1C.Cc1csc(C)c1C. The molecule has 88 valence electrons. The highest BCUT2D eigenvalue weighted by Crippen LogP contribution is 2.19. The van der Waals surface area contributed by atoms with Crippen LogP contribution in [-0.4, -0.2) is 0 Å². The van der Waals surface area contributed by atoms with E-state index in [1.165, 1.54) is 32.0 Å². The summed E-state index contributed by atoms with van der Waals surface area (Å²) < 4.78 is 0. The van der Waals surface area contributed by atoms with E-state index in [-0.39, 0.29) is 0 Å². The minimum Gasteiger partial charge on any atom is -0.149 e. The van der Waals surface area contributed by atoms with Crippen molar-refractivity contribution >= 4 is 22.7 Å². The van der Waals surface area contributed by atoms with Gasteiger partial charge in [0.1, 0.15) is 0 Å². The van der Waals surface area contributed by atoms with Gasteiger partial charge in [0.05, 0.1) is 0 Å². The lowest BCUT2D eigenvalue weighted by Crippen LogP contribution is -1.70. The molecule has 0 aliphatic carbocycles. The molecular weight excluding hydrogens is 232 g/mol. The van der Waals surface area contributed by atoms with Crippen molar-refractivity contribution in [3.05, 3.63) is 42.8 Å². The number of thiophene rings is 2. The molecule has 0 fully saturated rings. The lowest BCUT2D eigenvalue weighted by Gasteiger charge is -1.86. The molecule has 0 N–H and O–H groups in total. The highest BCUT2D eigenvalue weighted by Gasteiger charge is 1.96. The maximum absolute atomic E-state index is 2.20. The van der Waals surface area contributed by atoms with E-state index in [4.69, 9.17) is 0 Å². The van der Waals surface area contributed by atoms with Crippen molar-refractivity contribution in [2.45, 2.75) is 41.5 Å². The molecule has 0 unspecified atom stereocenters. The van der Waals surface area contributed by atoms with Gasteiger partial charge >= 0.3 is 0 Å². The van der Waals surface area contributed by atoms with Crippen LogP contribution in [-0.2, 0) is 0 Å². The van der Waals surface area contributed by atoms with Crippen LogP contribution in [0.1, 0.15) is 32.0 Å². The van der Waals surface area contributed by atoms with Crippen molar-refractivity contribution in [1.82, 2.24) is 0 Å². The van der Waals surface area contributed by atoms with Crippen molar-refractivity contribution in [2.75, 3.05) is 0 Å². The molecular formula is C14H20S2. The van der Waals surface area contributed by atoms with Gasteiger partial charge in [-0.15, -0.1) is 22.7 Å². The summed E-state index contributed by atoms with van der Waals surface area (Å²) in [5.41, 5.74) is 5.75. The molecule has 2 aromatic rings. The summed E-state index contributed by atoms with van der Waals surface area (Å²) in [6.07, 6.45) is 0. The van der Waals surface area contributed by atoms with E-state index in [1.54, 1.807) is 0 Å². The summed E-state index contributed by atoms with van der Waals surface area (Å²) in [5.74, 6) is 0. The van der Waals surface area contributed by atoms with Gasteiger partial charge in [0, 0.05) is 9.75 Å². The Kier molecular flexibility index (Phi) is 4.75. The molecule has 16 heavy (non-hydrogen) atoms. The van der Waals surface area contributed by atoms with Crippen LogP contribution in [0, 0.1) is 41.5 Å². The van der Waals surface area contributed by atoms with Crippen LogP contribution in [0.3, 0.4) is 0 Å². The number of hydrogen-bond donors (Lipinski definition) is 0. The summed E-state index contributed by atoms with van der Waals surface area (Å²) in [7, 11) is 0. The van der Waals surface area contributed by atoms with Crippen molar-refractivity contribution in [2.24, 2.45) is 0 Å². The second kappa shape index (κ2) is 5.65. The molecule has 0 spiro atoms. The maximum Gasteiger partial charge on any atom is 0.00461 e. The number of hydrogen-bond acceptors (Lipinski definition) is 2. The third kappa shape index (κ3) is 3.19. The van der Waals surface area contributed by atoms with E-state index in [1.807, 2.05) is 22.7 Å². The molecule has 0 aliphatic heterocycles. The molecule has 0 atom stereocenters. The number of rotatable bonds is 0. The van der Waals surface area contributed by atoms with Gasteiger partial charge < -0.3 is 0 Å². The summed E-state index contributed by atoms with van der Waals surface area (Å²) in [6.45, 7) is 13.0. The van der Waals surface area contributed by atoms with E-state index < -0.39 is 0 Å². The van der Waals surface area contributed by atoms with Crippen LogP contribution in [0.5, 0.6) is 0 Å². The van der Waals surface area contributed by atoms with Gasteiger partial charge in [0.2, 0.25) is 0 Å². The van der Waals surface area contributed by atoms with Gasteiger partial charge in [-0.1, -0.05) is 0 Å². The van der Waals surface area contributed by atoms with Crippen LogP contribution in [0.15, 0.2) is 10.8 Å². The Labute approximate surface area is 107 Å². The quantitative estimate of drug-likeness (QED) is 0.593. The van der Waals surface area contributed by atoms with Crippen LogP contribution in [0.4, 0.5) is 0 Å². The average Bonchev–Trinajstić information content (AvgIpc) is 2.70. The van der Waals surface area contributed by atoms with Crippen LogP contribution in [0.2, 0.25) is 0 Å². The van der Waals surface area contributed by atoms with Crippen LogP contribution >= 0.6 is 22.7 Å². The smallest absolute Gasteiger partial charge is 0.00461 e. The van der Waals surface area contributed by atoms with Gasteiger partial charge in [0.15, 0.2) is 0 Å². The van der Waals surface area contributed by atoms with Crippen molar-refractivity contribution in [3.8, 4) is 0 Å². The number of aryl methyl sites for hydroxylation is 4. The third-order valence-corrected chi connectivity index (χ3v) is 5.33. The van der Waals surface area contributed by atoms with Crippen molar-refractivity contribution < 1.29 is 0 Å². The van der Waals surface area contributed by atoms with Gasteiger partial charge in [-0.2, -0.15) is 0 Å². The normalized spacial score (nSPS) is 9.88. The minimum atomic E-state index is 1.42. The average molecular weight is 252 g/mol. The van der Waals surface area contributed by atoms with Crippen molar-refractivity contribution in [1.29, 1.82) is 0 Å². The van der Waals surface area contributed by atoms with E-state index in [2.05, 4.69) is 52.3 Å². The molecule has 0 amide bonds. The summed E-state index contributed by atoms with van der Waals surface area (Å²) >= 11 is 3.66. The zero-order valence-corrected chi connectivity index (χ0v) is 12.6.